The Morgan fingerprint density at radius 3 is 2.22 bits per heavy atom. The number of allylic oxidation sites excluding steroid dienone is 1. The Balaban J connectivity index is 1.85. The Morgan fingerprint density at radius 1 is 0.944 bits per heavy atom. The van der Waals surface area contributed by atoms with E-state index in [2.05, 4.69) is 41.0 Å². The van der Waals surface area contributed by atoms with E-state index < -0.39 is 0 Å². The summed E-state index contributed by atoms with van der Waals surface area (Å²) in [6.45, 7) is 0. The van der Waals surface area contributed by atoms with Crippen LogP contribution < -0.4 is 0 Å². The van der Waals surface area contributed by atoms with Gasteiger partial charge in [-0.1, -0.05) is 0 Å². The quantitative estimate of drug-likeness (QED) is 0.780. The fraction of sp³-hybridized carbons (Fsp3) is 0.222. The molecule has 9 heteroatoms. The summed E-state index contributed by atoms with van der Waals surface area (Å²) in [6.07, 6.45) is 3.92. The van der Waals surface area contributed by atoms with Crippen LogP contribution in [-0.2, 0) is 17.6 Å². The number of aromatic amines is 2. The summed E-state index contributed by atoms with van der Waals surface area (Å²) in [7, 11) is 0. The number of carbonyl (C=O) groups is 1. The summed E-state index contributed by atoms with van der Waals surface area (Å²) in [5, 5.41) is 27.6. The van der Waals surface area contributed by atoms with Gasteiger partial charge in [-0.25, -0.2) is 0 Å². The second-order valence-corrected chi connectivity index (χ2v) is 3.71. The maximum absolute atomic E-state index is 11.6. The number of azo groups is 1. The van der Waals surface area contributed by atoms with Gasteiger partial charge < -0.3 is 0 Å². The Hall–Kier alpha value is -2.71. The van der Waals surface area contributed by atoms with E-state index in [0.717, 1.165) is 0 Å². The van der Waals surface area contributed by atoms with Gasteiger partial charge in [0.25, 0.3) is 5.91 Å². The lowest BCUT2D eigenvalue weighted by atomic mass is 10.1. The van der Waals surface area contributed by atoms with Crippen molar-refractivity contribution in [2.24, 2.45) is 10.2 Å². The summed E-state index contributed by atoms with van der Waals surface area (Å²) in [6, 6.07) is 0. The Kier molecular flexibility index (Phi) is 2.48. The van der Waals surface area contributed by atoms with Gasteiger partial charge in [-0.15, -0.1) is 5.11 Å². The minimum Gasteiger partial charge on any atom is -0.265 e. The molecule has 3 rings (SSSR count). The largest absolute Gasteiger partial charge is 0.293 e. The van der Waals surface area contributed by atoms with Gasteiger partial charge in [0.15, 0.2) is 0 Å². The van der Waals surface area contributed by atoms with Gasteiger partial charge in [0, 0.05) is 12.8 Å². The lowest BCUT2D eigenvalue weighted by molar-refractivity contribution is -0.114. The normalized spacial score (nSPS) is 14.8. The number of H-pyrrole nitrogens is 2. The van der Waals surface area contributed by atoms with Crippen LogP contribution in [0.25, 0.3) is 0 Å². The van der Waals surface area contributed by atoms with Crippen LogP contribution in [0.2, 0.25) is 0 Å². The minimum atomic E-state index is -0.337. The second-order valence-electron chi connectivity index (χ2n) is 3.71. The van der Waals surface area contributed by atoms with Crippen molar-refractivity contribution in [3.8, 4) is 0 Å². The number of amides is 1. The van der Waals surface area contributed by atoms with Crippen molar-refractivity contribution >= 4 is 5.91 Å². The zero-order chi connectivity index (χ0) is 12.4. The van der Waals surface area contributed by atoms with Crippen LogP contribution in [0.4, 0.5) is 0 Å². The fourth-order valence-electron chi connectivity index (χ4n) is 1.64. The number of carbonyl (C=O) groups excluding carboxylic acids is 1. The molecule has 9 nitrogen and oxygen atoms in total. The molecule has 0 spiro atoms. The molecule has 1 aliphatic heterocycles. The predicted molar refractivity (Wildman–Crippen MR) is 57.1 cm³/mol. The van der Waals surface area contributed by atoms with Crippen molar-refractivity contribution in [2.45, 2.75) is 12.8 Å². The van der Waals surface area contributed by atoms with Gasteiger partial charge in [0.05, 0.1) is 35.1 Å². The molecule has 0 fully saturated rings. The van der Waals surface area contributed by atoms with E-state index in [1.54, 1.807) is 12.4 Å². The highest BCUT2D eigenvalue weighted by Crippen LogP contribution is 2.22. The molecule has 2 N–H and O–H groups in total. The molecule has 0 atom stereocenters. The van der Waals surface area contributed by atoms with Crippen molar-refractivity contribution < 1.29 is 4.79 Å². The summed E-state index contributed by atoms with van der Waals surface area (Å²) in [5.41, 5.74) is 2.49. The first-order chi connectivity index (χ1) is 8.83. The van der Waals surface area contributed by atoms with Gasteiger partial charge in [0.1, 0.15) is 0 Å². The number of nitrogens with zero attached hydrogens (tertiary/aromatic N) is 6. The minimum absolute atomic E-state index is 0.337. The smallest absolute Gasteiger partial charge is 0.265 e. The van der Waals surface area contributed by atoms with Crippen LogP contribution in [-0.4, -0.2) is 36.7 Å². The highest BCUT2D eigenvalue weighted by Gasteiger charge is 2.23. The lowest BCUT2D eigenvalue weighted by Crippen LogP contribution is -2.03. The molecule has 18 heavy (non-hydrogen) atoms. The zero-order valence-electron chi connectivity index (χ0n) is 9.16. The first kappa shape index (κ1) is 10.4. The molecule has 0 saturated carbocycles. The molecule has 2 aromatic heterocycles. The summed E-state index contributed by atoms with van der Waals surface area (Å²) >= 11 is 0. The van der Waals surface area contributed by atoms with Crippen LogP contribution in [0.3, 0.4) is 0 Å². The number of rotatable bonds is 4. The standard InChI is InChI=1S/C9H8N8O/c18-9-7(1-5-3-10-16-12-5)8(14-15-9)2-6-4-11-17-13-6/h3-4H,1-2H2,(H,10,12,16)(H,11,13,17). The first-order valence-corrected chi connectivity index (χ1v) is 5.20. The Labute approximate surface area is 100 Å². The fourth-order valence-corrected chi connectivity index (χ4v) is 1.64. The van der Waals surface area contributed by atoms with Crippen LogP contribution in [0.15, 0.2) is 33.9 Å². The SMILES string of the molecule is O=C1N=NC(Cc2cn[nH]n2)=C1Cc1cn[nH]n1. The van der Waals surface area contributed by atoms with Crippen molar-refractivity contribution in [1.29, 1.82) is 0 Å². The summed E-state index contributed by atoms with van der Waals surface area (Å²) in [5.74, 6) is -0.337. The summed E-state index contributed by atoms with van der Waals surface area (Å²) in [4.78, 5) is 11.6. The van der Waals surface area contributed by atoms with Crippen molar-refractivity contribution in [3.63, 3.8) is 0 Å². The van der Waals surface area contributed by atoms with E-state index in [4.69, 9.17) is 0 Å². The van der Waals surface area contributed by atoms with Crippen LogP contribution in [0.1, 0.15) is 11.4 Å². The maximum Gasteiger partial charge on any atom is 0.293 e. The van der Waals surface area contributed by atoms with Crippen LogP contribution in [0, 0.1) is 0 Å². The second kappa shape index (κ2) is 4.28. The molecule has 1 aliphatic rings. The highest BCUT2D eigenvalue weighted by molar-refractivity contribution is 5.96. The number of hydrogen-bond donors (Lipinski definition) is 2. The van der Waals surface area contributed by atoms with Gasteiger partial charge in [-0.3, -0.25) is 4.79 Å². The van der Waals surface area contributed by atoms with Crippen molar-refractivity contribution in [3.05, 3.63) is 35.1 Å². The van der Waals surface area contributed by atoms with E-state index in [-0.39, 0.29) is 5.91 Å². The first-order valence-electron chi connectivity index (χ1n) is 5.20. The maximum atomic E-state index is 11.6. The van der Waals surface area contributed by atoms with Crippen LogP contribution >= 0.6 is 0 Å². The van der Waals surface area contributed by atoms with Gasteiger partial charge >= 0.3 is 0 Å². The van der Waals surface area contributed by atoms with Gasteiger partial charge in [-0.05, 0) is 0 Å². The zero-order valence-corrected chi connectivity index (χ0v) is 9.16. The highest BCUT2D eigenvalue weighted by atomic mass is 16.2. The molecule has 0 radical (unpaired) electrons. The average Bonchev–Trinajstić information content (AvgIpc) is 3.08. The number of hydrogen-bond acceptors (Lipinski definition) is 6. The molecule has 3 heterocycles. The molecule has 90 valence electrons. The molecule has 1 amide bonds. The van der Waals surface area contributed by atoms with E-state index in [0.29, 0.717) is 35.5 Å². The third-order valence-corrected chi connectivity index (χ3v) is 2.50. The number of nitrogens with one attached hydrogen (secondary N) is 2. The van der Waals surface area contributed by atoms with Gasteiger partial charge in [0.2, 0.25) is 0 Å². The van der Waals surface area contributed by atoms with E-state index in [1.807, 2.05) is 0 Å². The Bertz CT molecular complexity index is 571. The Morgan fingerprint density at radius 2 is 1.61 bits per heavy atom. The van der Waals surface area contributed by atoms with E-state index >= 15 is 0 Å². The molecule has 0 unspecified atom stereocenters. The van der Waals surface area contributed by atoms with Gasteiger partial charge in [-0.2, -0.15) is 35.9 Å². The molecule has 0 aromatic carbocycles. The molecule has 0 bridgehead atoms. The topological polar surface area (TPSA) is 125 Å². The van der Waals surface area contributed by atoms with E-state index in [1.165, 1.54) is 0 Å². The predicted octanol–water partition coefficient (Wildman–Crippen LogP) is -0.0455. The van der Waals surface area contributed by atoms with E-state index in [9.17, 15) is 4.79 Å². The third-order valence-electron chi connectivity index (χ3n) is 2.50. The summed E-state index contributed by atoms with van der Waals surface area (Å²) < 4.78 is 0. The molecule has 0 saturated heterocycles. The lowest BCUT2D eigenvalue weighted by Gasteiger charge is -1.98. The molecular weight excluding hydrogens is 236 g/mol. The third kappa shape index (κ3) is 1.93. The average molecular weight is 244 g/mol. The van der Waals surface area contributed by atoms with Crippen LogP contribution in [0.5, 0.6) is 0 Å². The number of aromatic nitrogens is 6. The molecule has 0 aliphatic carbocycles. The monoisotopic (exact) mass is 244 g/mol. The molecule has 2 aromatic rings. The van der Waals surface area contributed by atoms with Crippen molar-refractivity contribution in [2.75, 3.05) is 0 Å². The van der Waals surface area contributed by atoms with Crippen molar-refractivity contribution in [1.82, 2.24) is 30.8 Å². The molecular formula is C9H8N8O.